The molecule has 0 bridgehead atoms. The minimum absolute atomic E-state index is 0.0666. The van der Waals surface area contributed by atoms with Gasteiger partial charge in [0.1, 0.15) is 5.75 Å². The van der Waals surface area contributed by atoms with Crippen LogP contribution in [0.15, 0.2) is 53.4 Å². The zero-order valence-electron chi connectivity index (χ0n) is 12.6. The second-order valence-corrected chi connectivity index (χ2v) is 5.36. The van der Waals surface area contributed by atoms with Crippen LogP contribution in [-0.4, -0.2) is 23.0 Å². The second-order valence-electron chi connectivity index (χ2n) is 4.88. The summed E-state index contributed by atoms with van der Waals surface area (Å²) in [5, 5.41) is 11.1. The van der Waals surface area contributed by atoms with E-state index in [2.05, 4.69) is 17.9 Å². The largest absolute Gasteiger partial charge is 0.481 e. The third kappa shape index (κ3) is 5.13. The Bertz CT molecular complexity index is 758. The third-order valence-electron chi connectivity index (χ3n) is 3.09. The molecule has 124 valence electrons. The van der Waals surface area contributed by atoms with E-state index in [-0.39, 0.29) is 18.6 Å². The summed E-state index contributed by atoms with van der Waals surface area (Å²) in [4.78, 5) is 34.6. The summed E-state index contributed by atoms with van der Waals surface area (Å²) in [7, 11) is 0. The molecule has 0 unspecified atom stereocenters. The summed E-state index contributed by atoms with van der Waals surface area (Å²) < 4.78 is 5.13. The van der Waals surface area contributed by atoms with Gasteiger partial charge in [0.25, 0.3) is 0 Å². The van der Waals surface area contributed by atoms with Gasteiger partial charge in [-0.2, -0.15) is 0 Å². The van der Waals surface area contributed by atoms with E-state index in [1.807, 2.05) is 0 Å². The summed E-state index contributed by atoms with van der Waals surface area (Å²) in [6.45, 7) is 0. The highest BCUT2D eigenvalue weighted by molar-refractivity contribution is 7.80. The fourth-order valence-electron chi connectivity index (χ4n) is 1.89. The average molecular weight is 345 g/mol. The number of ether oxygens (including phenoxy) is 1. The van der Waals surface area contributed by atoms with E-state index in [0.717, 1.165) is 0 Å². The fourth-order valence-corrected chi connectivity index (χ4v) is 2.10. The molecular weight excluding hydrogens is 330 g/mol. The lowest BCUT2D eigenvalue weighted by molar-refractivity contribution is -0.136. The maximum Gasteiger partial charge on any atom is 0.417 e. The Morgan fingerprint density at radius 3 is 2.29 bits per heavy atom. The van der Waals surface area contributed by atoms with E-state index in [1.54, 1.807) is 36.4 Å². The first-order chi connectivity index (χ1) is 11.5. The zero-order chi connectivity index (χ0) is 17.5. The number of ketones is 1. The van der Waals surface area contributed by atoms with Crippen LogP contribution >= 0.6 is 12.6 Å². The molecule has 0 saturated carbocycles. The van der Waals surface area contributed by atoms with E-state index in [4.69, 9.17) is 9.84 Å². The van der Waals surface area contributed by atoms with Crippen LogP contribution in [0.2, 0.25) is 0 Å². The summed E-state index contributed by atoms with van der Waals surface area (Å²) in [6.07, 6.45) is -0.960. The van der Waals surface area contributed by atoms with Crippen LogP contribution in [0.25, 0.3) is 0 Å². The highest BCUT2D eigenvalue weighted by atomic mass is 32.1. The number of rotatable bonds is 6. The maximum atomic E-state index is 11.8. The van der Waals surface area contributed by atoms with Crippen molar-refractivity contribution in [2.24, 2.45) is 0 Å². The number of anilines is 1. The molecule has 2 aromatic rings. The molecule has 0 saturated heterocycles. The smallest absolute Gasteiger partial charge is 0.417 e. The van der Waals surface area contributed by atoms with E-state index in [9.17, 15) is 14.4 Å². The molecular formula is C17H15NO5S. The number of amides is 1. The molecule has 0 spiro atoms. The third-order valence-corrected chi connectivity index (χ3v) is 3.46. The zero-order valence-corrected chi connectivity index (χ0v) is 13.5. The van der Waals surface area contributed by atoms with Gasteiger partial charge < -0.3 is 9.84 Å². The molecule has 0 fully saturated rings. The first kappa shape index (κ1) is 17.6. The monoisotopic (exact) mass is 345 g/mol. The van der Waals surface area contributed by atoms with Crippen molar-refractivity contribution in [2.45, 2.75) is 17.7 Å². The van der Waals surface area contributed by atoms with Crippen molar-refractivity contribution in [1.82, 2.24) is 0 Å². The Morgan fingerprint density at radius 1 is 1.00 bits per heavy atom. The van der Waals surface area contributed by atoms with Gasteiger partial charge >= 0.3 is 12.1 Å². The van der Waals surface area contributed by atoms with Crippen LogP contribution < -0.4 is 10.1 Å². The normalized spacial score (nSPS) is 10.0. The SMILES string of the molecule is O=C(O)CCC(=O)c1ccc(NC(=O)Oc2ccccc2S)cc1. The second kappa shape index (κ2) is 8.16. The van der Waals surface area contributed by atoms with Gasteiger partial charge in [-0.05, 0) is 36.4 Å². The molecule has 6 nitrogen and oxygen atoms in total. The maximum absolute atomic E-state index is 11.8. The van der Waals surface area contributed by atoms with E-state index < -0.39 is 12.1 Å². The molecule has 0 radical (unpaired) electrons. The van der Waals surface area contributed by atoms with Crippen LogP contribution in [0.3, 0.4) is 0 Å². The predicted molar refractivity (Wildman–Crippen MR) is 91.0 cm³/mol. The van der Waals surface area contributed by atoms with Gasteiger partial charge in [-0.3, -0.25) is 14.9 Å². The van der Waals surface area contributed by atoms with Gasteiger partial charge in [0, 0.05) is 22.6 Å². The van der Waals surface area contributed by atoms with Gasteiger partial charge in [-0.25, -0.2) is 4.79 Å². The molecule has 1 amide bonds. The first-order valence-corrected chi connectivity index (χ1v) is 7.52. The quantitative estimate of drug-likeness (QED) is 0.549. The molecule has 2 rings (SSSR count). The molecule has 0 aromatic heterocycles. The van der Waals surface area contributed by atoms with Crippen molar-refractivity contribution >= 4 is 36.2 Å². The van der Waals surface area contributed by atoms with Crippen LogP contribution in [0, 0.1) is 0 Å². The van der Waals surface area contributed by atoms with Crippen molar-refractivity contribution in [2.75, 3.05) is 5.32 Å². The molecule has 2 aromatic carbocycles. The van der Waals surface area contributed by atoms with E-state index in [1.165, 1.54) is 12.1 Å². The van der Waals surface area contributed by atoms with Crippen molar-refractivity contribution < 1.29 is 24.2 Å². The highest BCUT2D eigenvalue weighted by Crippen LogP contribution is 2.22. The number of benzene rings is 2. The molecule has 0 aliphatic carbocycles. The van der Waals surface area contributed by atoms with Crippen molar-refractivity contribution in [3.05, 3.63) is 54.1 Å². The number of hydrogen-bond acceptors (Lipinski definition) is 5. The number of carboxylic acids is 1. The van der Waals surface area contributed by atoms with E-state index in [0.29, 0.717) is 21.9 Å². The Morgan fingerprint density at radius 2 is 1.67 bits per heavy atom. The number of carboxylic acid groups (broad SMARTS) is 1. The van der Waals surface area contributed by atoms with Gasteiger partial charge in [-0.1, -0.05) is 12.1 Å². The lowest BCUT2D eigenvalue weighted by atomic mass is 10.1. The highest BCUT2D eigenvalue weighted by Gasteiger charge is 2.10. The summed E-state index contributed by atoms with van der Waals surface area (Å²) in [6, 6.07) is 12.9. The summed E-state index contributed by atoms with van der Waals surface area (Å²) in [5.74, 6) is -0.955. The average Bonchev–Trinajstić information content (AvgIpc) is 2.55. The number of nitrogens with one attached hydrogen (secondary N) is 1. The summed E-state index contributed by atoms with van der Waals surface area (Å²) in [5.41, 5.74) is 0.835. The van der Waals surface area contributed by atoms with Crippen molar-refractivity contribution in [3.8, 4) is 5.75 Å². The topological polar surface area (TPSA) is 92.7 Å². The Labute approximate surface area is 143 Å². The molecule has 0 heterocycles. The van der Waals surface area contributed by atoms with Crippen molar-refractivity contribution in [1.29, 1.82) is 0 Å². The lowest BCUT2D eigenvalue weighted by Gasteiger charge is -2.08. The van der Waals surface area contributed by atoms with Gasteiger partial charge in [0.15, 0.2) is 5.78 Å². The Hall–Kier alpha value is -2.80. The van der Waals surface area contributed by atoms with Crippen LogP contribution in [0.4, 0.5) is 10.5 Å². The number of para-hydroxylation sites is 1. The van der Waals surface area contributed by atoms with Gasteiger partial charge in [0.05, 0.1) is 6.42 Å². The fraction of sp³-hybridized carbons (Fsp3) is 0.118. The lowest BCUT2D eigenvalue weighted by Crippen LogP contribution is -2.17. The number of carbonyl (C=O) groups excluding carboxylic acids is 2. The number of thiol groups is 1. The van der Waals surface area contributed by atoms with Crippen LogP contribution in [0.5, 0.6) is 5.75 Å². The number of hydrogen-bond donors (Lipinski definition) is 3. The van der Waals surface area contributed by atoms with E-state index >= 15 is 0 Å². The minimum atomic E-state index is -1.02. The standard InChI is InChI=1S/C17H15NO5S/c19-13(9-10-16(20)21)11-5-7-12(8-6-11)18-17(22)23-14-3-1-2-4-15(14)24/h1-8,24H,9-10H2,(H,18,22)(H,20,21). The Balaban J connectivity index is 1.94. The molecule has 0 aliphatic rings. The Kier molecular flexibility index (Phi) is 5.97. The molecule has 7 heteroatoms. The first-order valence-electron chi connectivity index (χ1n) is 7.07. The van der Waals surface area contributed by atoms with Gasteiger partial charge in [-0.15, -0.1) is 12.6 Å². The number of Topliss-reactive ketones (excluding diaryl/α,β-unsaturated/α-hetero) is 1. The minimum Gasteiger partial charge on any atom is -0.481 e. The van der Waals surface area contributed by atoms with Gasteiger partial charge in [0.2, 0.25) is 0 Å². The molecule has 2 N–H and O–H groups in total. The van der Waals surface area contributed by atoms with Crippen LogP contribution in [-0.2, 0) is 4.79 Å². The molecule has 0 atom stereocenters. The number of aliphatic carboxylic acids is 1. The molecule has 24 heavy (non-hydrogen) atoms. The van der Waals surface area contributed by atoms with Crippen LogP contribution in [0.1, 0.15) is 23.2 Å². The molecule has 0 aliphatic heterocycles. The predicted octanol–water partition coefficient (Wildman–Crippen LogP) is 3.63. The van der Waals surface area contributed by atoms with Crippen molar-refractivity contribution in [3.63, 3.8) is 0 Å². The number of carbonyl (C=O) groups is 3. The summed E-state index contributed by atoms with van der Waals surface area (Å²) >= 11 is 4.18.